The molecule has 0 fully saturated rings. The lowest BCUT2D eigenvalue weighted by atomic mass is 10.0. The van der Waals surface area contributed by atoms with Gasteiger partial charge in [0.15, 0.2) is 11.4 Å². The molecule has 0 aromatic heterocycles. The largest absolute Gasteiger partial charge is 0.399 e. The number of anilines is 2. The van der Waals surface area contributed by atoms with Gasteiger partial charge in [-0.1, -0.05) is 91.3 Å². The van der Waals surface area contributed by atoms with Gasteiger partial charge in [0.05, 0.1) is 0 Å². The highest BCUT2D eigenvalue weighted by Gasteiger charge is 2.22. The van der Waals surface area contributed by atoms with E-state index in [1.54, 1.807) is 18.2 Å². The highest BCUT2D eigenvalue weighted by atomic mass is 35.5. The molecule has 8 nitrogen and oxygen atoms in total. The molecular weight excluding hydrogens is 854 g/mol. The number of allylic oxidation sites excluding steroid dienone is 6. The van der Waals surface area contributed by atoms with Gasteiger partial charge < -0.3 is 22.1 Å². The summed E-state index contributed by atoms with van der Waals surface area (Å²) in [6, 6.07) is 18.8. The Morgan fingerprint density at radius 3 is 1.98 bits per heavy atom. The van der Waals surface area contributed by atoms with E-state index in [-0.39, 0.29) is 0 Å². The smallest absolute Gasteiger partial charge is 0.238 e. The molecule has 0 saturated carbocycles. The Morgan fingerprint density at radius 1 is 0.694 bits per heavy atom. The summed E-state index contributed by atoms with van der Waals surface area (Å²) in [6.07, 6.45) is 16.4. The van der Waals surface area contributed by atoms with Gasteiger partial charge in [0, 0.05) is 82.3 Å². The van der Waals surface area contributed by atoms with Crippen molar-refractivity contribution in [2.45, 2.75) is 86.5 Å². The molecular formula is C50H62Cl4N8+2. The van der Waals surface area contributed by atoms with Crippen LogP contribution in [0.5, 0.6) is 0 Å². The summed E-state index contributed by atoms with van der Waals surface area (Å²) < 4.78 is 1.83. The third-order valence-electron chi connectivity index (χ3n) is 10.4. The number of rotatable bonds is 15. The molecule has 0 spiro atoms. The number of quaternary nitrogens is 1. The van der Waals surface area contributed by atoms with Crippen LogP contribution in [0.25, 0.3) is 0 Å². The first-order chi connectivity index (χ1) is 29.7. The molecule has 0 bridgehead atoms. The minimum atomic E-state index is 0.533. The fourth-order valence-corrected chi connectivity index (χ4v) is 7.81. The third-order valence-corrected chi connectivity index (χ3v) is 11.5. The lowest BCUT2D eigenvalue weighted by Crippen LogP contribution is -2.71. The number of benzene rings is 4. The molecule has 0 aliphatic heterocycles. The molecule has 8 N–H and O–H groups in total. The number of hydrogen-bond donors (Lipinski definition) is 5. The SMILES string of the molecule is C=Nc1cc(C)c(N)cc1[NH2+]c1ccc(Cl)cc1Cl.C=[N+](c1ccc(Cl)cc1Cl)c1cc(NCCCCCCNC2=CCCC=C2C)c(C)cc1N=C1C=C(C)C(N)=CC1.CC. The second-order valence-electron chi connectivity index (χ2n) is 15.1. The average molecular weight is 917 g/mol. The first kappa shape index (κ1) is 49.8. The van der Waals surface area contributed by atoms with Gasteiger partial charge in [0.1, 0.15) is 28.1 Å². The molecule has 0 unspecified atom stereocenters. The molecule has 0 saturated heterocycles. The molecule has 2 aliphatic rings. The second kappa shape index (κ2) is 24.7. The Hall–Kier alpha value is -4.83. The molecule has 4 aromatic rings. The fourth-order valence-electron chi connectivity index (χ4n) is 6.83. The minimum absolute atomic E-state index is 0.533. The number of unbranched alkanes of at least 4 members (excludes halogenated alkanes) is 3. The number of halogens is 4. The van der Waals surface area contributed by atoms with Crippen molar-refractivity contribution in [2.24, 2.45) is 15.7 Å². The van der Waals surface area contributed by atoms with Crippen molar-refractivity contribution in [2.75, 3.05) is 24.1 Å². The summed E-state index contributed by atoms with van der Waals surface area (Å²) in [7, 11) is 0. The highest BCUT2D eigenvalue weighted by Crippen LogP contribution is 2.39. The summed E-state index contributed by atoms with van der Waals surface area (Å²) in [5.41, 5.74) is 26.3. The average Bonchev–Trinajstić information content (AvgIpc) is 3.24. The normalized spacial score (nSPS) is 13.9. The summed E-state index contributed by atoms with van der Waals surface area (Å²) in [4.78, 5) is 9.03. The highest BCUT2D eigenvalue weighted by molar-refractivity contribution is 6.36. The van der Waals surface area contributed by atoms with Gasteiger partial charge in [-0.05, 0) is 125 Å². The van der Waals surface area contributed by atoms with Crippen LogP contribution in [-0.4, -0.2) is 32.2 Å². The van der Waals surface area contributed by atoms with Crippen molar-refractivity contribution in [1.29, 1.82) is 0 Å². The van der Waals surface area contributed by atoms with Crippen LogP contribution < -0.4 is 32.0 Å². The van der Waals surface area contributed by atoms with Crippen molar-refractivity contribution in [3.05, 3.63) is 139 Å². The molecule has 328 valence electrons. The van der Waals surface area contributed by atoms with Gasteiger partial charge in [0.2, 0.25) is 11.4 Å². The molecule has 0 atom stereocenters. The van der Waals surface area contributed by atoms with Crippen molar-refractivity contribution in [3.63, 3.8) is 0 Å². The van der Waals surface area contributed by atoms with Crippen LogP contribution in [0.4, 0.5) is 45.5 Å². The predicted octanol–water partition coefficient (Wildman–Crippen LogP) is 14.1. The maximum atomic E-state index is 6.57. The summed E-state index contributed by atoms with van der Waals surface area (Å²) >= 11 is 24.8. The van der Waals surface area contributed by atoms with E-state index in [0.717, 1.165) is 100 Å². The first-order valence-electron chi connectivity index (χ1n) is 21.2. The molecule has 0 amide bonds. The Labute approximate surface area is 389 Å². The molecule has 6 rings (SSSR count). The number of hydrogen-bond acceptors (Lipinski definition) is 6. The van der Waals surface area contributed by atoms with Crippen LogP contribution in [-0.2, 0) is 0 Å². The van der Waals surface area contributed by atoms with Gasteiger partial charge in [-0.3, -0.25) is 10.3 Å². The Kier molecular flexibility index (Phi) is 19.9. The lowest BCUT2D eigenvalue weighted by Gasteiger charge is -2.15. The predicted molar refractivity (Wildman–Crippen MR) is 274 cm³/mol. The summed E-state index contributed by atoms with van der Waals surface area (Å²) in [5, 5.41) is 11.5. The van der Waals surface area contributed by atoms with Gasteiger partial charge in [-0.25, -0.2) is 4.99 Å². The molecule has 0 radical (unpaired) electrons. The zero-order valence-corrected chi connectivity index (χ0v) is 40.0. The van der Waals surface area contributed by atoms with Gasteiger partial charge >= 0.3 is 0 Å². The van der Waals surface area contributed by atoms with Crippen LogP contribution in [0.15, 0.2) is 117 Å². The quantitative estimate of drug-likeness (QED) is 0.0353. The van der Waals surface area contributed by atoms with Crippen LogP contribution in [0, 0.1) is 13.8 Å². The lowest BCUT2D eigenvalue weighted by molar-refractivity contribution is -0.477. The van der Waals surface area contributed by atoms with E-state index in [9.17, 15) is 0 Å². The van der Waals surface area contributed by atoms with Gasteiger partial charge in [-0.15, -0.1) is 0 Å². The topological polar surface area (TPSA) is 120 Å². The van der Waals surface area contributed by atoms with E-state index < -0.39 is 0 Å². The second-order valence-corrected chi connectivity index (χ2v) is 16.7. The van der Waals surface area contributed by atoms with Gasteiger partial charge in [0.25, 0.3) is 0 Å². The van der Waals surface area contributed by atoms with Gasteiger partial charge in [-0.2, -0.15) is 4.58 Å². The Bertz CT molecular complexity index is 2390. The molecule has 2 aliphatic carbocycles. The van der Waals surface area contributed by atoms with Crippen molar-refractivity contribution in [1.82, 2.24) is 9.89 Å². The number of aryl methyl sites for hydroxylation is 2. The molecule has 4 aromatic carbocycles. The van der Waals surface area contributed by atoms with Crippen molar-refractivity contribution < 1.29 is 5.32 Å². The Balaban J connectivity index is 0.000000335. The standard InChI is InChI=1S/C34H42Cl2N5.C14H13Cl2N3.C2H6/c1-23-11-7-8-12-30(23)38-17-9-5-6-10-18-39-31-22-34(41(4)33-16-13-26(35)21-28(33)36)32(20-25(31)3)40-27-14-15-29(37)24(2)19-27;1-8-5-13(18-2)14(7-11(8)17)19-12-4-3-9(15)6-10(12)16;1-2/h11-13,15-16,19-22,38-39H,4-10,14,17-18,37H2,1-3H3;3-7,19H,2,17H2,1H3;1-2H3/q+1;;/p+1. The monoisotopic (exact) mass is 914 g/mol. The van der Waals surface area contributed by atoms with Crippen molar-refractivity contribution in [3.8, 4) is 0 Å². The van der Waals surface area contributed by atoms with Crippen LogP contribution in [0.3, 0.4) is 0 Å². The number of nitrogens with one attached hydrogen (secondary N) is 2. The van der Waals surface area contributed by atoms with Crippen LogP contribution in [0.2, 0.25) is 20.1 Å². The fraction of sp³-hybridized carbons (Fsp3) is 0.300. The summed E-state index contributed by atoms with van der Waals surface area (Å²) in [5.74, 6) is 0. The zero-order valence-electron chi connectivity index (χ0n) is 36.9. The van der Waals surface area contributed by atoms with E-state index in [1.807, 2.05) is 80.1 Å². The number of aliphatic imine (C=N–C) groups is 2. The van der Waals surface area contributed by atoms with E-state index in [4.69, 9.17) is 62.9 Å². The maximum Gasteiger partial charge on any atom is 0.238 e. The number of nitrogens with two attached hydrogens (primary N) is 3. The van der Waals surface area contributed by atoms with Crippen LogP contribution >= 0.6 is 46.4 Å². The first-order valence-corrected chi connectivity index (χ1v) is 22.7. The molecule has 62 heavy (non-hydrogen) atoms. The molecule has 0 heterocycles. The maximum absolute atomic E-state index is 6.57. The third kappa shape index (κ3) is 14.4. The molecule has 12 heteroatoms. The Morgan fingerprint density at radius 2 is 1.34 bits per heavy atom. The van der Waals surface area contributed by atoms with Crippen molar-refractivity contribution >= 4 is 111 Å². The van der Waals surface area contributed by atoms with E-state index in [0.29, 0.717) is 32.2 Å². The summed E-state index contributed by atoms with van der Waals surface area (Å²) in [6.45, 7) is 22.1. The van der Waals surface area contributed by atoms with Crippen LogP contribution in [0.1, 0.15) is 83.8 Å². The van der Waals surface area contributed by atoms with E-state index in [1.165, 1.54) is 30.5 Å². The van der Waals surface area contributed by atoms with E-state index >= 15 is 0 Å². The minimum Gasteiger partial charge on any atom is -0.399 e. The number of nitrogen functional groups attached to an aromatic ring is 1. The number of nitrogens with zero attached hydrogens (tertiary/aromatic N) is 3. The zero-order chi connectivity index (χ0) is 45.3. The van der Waals surface area contributed by atoms with E-state index in [2.05, 4.69) is 67.2 Å².